The average Bonchev–Trinajstić information content (AvgIpc) is 2.36. The Morgan fingerprint density at radius 2 is 1.89 bits per heavy atom. The standard InChI is InChI=1S/C14H17N3O/c1-11-9-17(10-12(2)18-11)14(8-15)16-13-6-4-3-5-7-13/h3-7,11-12H,9-10H2,1-2H3. The van der Waals surface area contributed by atoms with Gasteiger partial charge in [-0.3, -0.25) is 0 Å². The highest BCUT2D eigenvalue weighted by Crippen LogP contribution is 2.15. The molecule has 18 heavy (non-hydrogen) atoms. The van der Waals surface area contributed by atoms with E-state index in [0.717, 1.165) is 5.69 Å². The van der Waals surface area contributed by atoms with Gasteiger partial charge in [-0.25, -0.2) is 4.99 Å². The molecule has 1 aliphatic heterocycles. The number of ether oxygens (including phenoxy) is 1. The summed E-state index contributed by atoms with van der Waals surface area (Å²) in [5.41, 5.74) is 0.806. The van der Waals surface area contributed by atoms with Gasteiger partial charge in [-0.2, -0.15) is 5.26 Å². The maximum absolute atomic E-state index is 9.25. The molecule has 2 unspecified atom stereocenters. The fourth-order valence-corrected chi connectivity index (χ4v) is 2.14. The molecule has 1 aromatic rings. The number of hydrogen-bond donors (Lipinski definition) is 0. The topological polar surface area (TPSA) is 48.6 Å². The van der Waals surface area contributed by atoms with E-state index in [-0.39, 0.29) is 12.2 Å². The summed E-state index contributed by atoms with van der Waals surface area (Å²) in [6, 6.07) is 11.7. The Labute approximate surface area is 108 Å². The van der Waals surface area contributed by atoms with Gasteiger partial charge in [-0.1, -0.05) is 18.2 Å². The van der Waals surface area contributed by atoms with Gasteiger partial charge >= 0.3 is 0 Å². The number of aliphatic imine (C=N–C) groups is 1. The van der Waals surface area contributed by atoms with E-state index in [1.165, 1.54) is 0 Å². The van der Waals surface area contributed by atoms with Crippen LogP contribution in [0.25, 0.3) is 0 Å². The van der Waals surface area contributed by atoms with Crippen LogP contribution in [0.3, 0.4) is 0 Å². The van der Waals surface area contributed by atoms with Crippen molar-refractivity contribution in [1.29, 1.82) is 5.26 Å². The zero-order valence-electron chi connectivity index (χ0n) is 10.7. The molecule has 0 aromatic heterocycles. The highest BCUT2D eigenvalue weighted by atomic mass is 16.5. The lowest BCUT2D eigenvalue weighted by molar-refractivity contribution is -0.0476. The number of para-hydroxylation sites is 1. The SMILES string of the molecule is CC1CN(C(C#N)=Nc2ccccc2)CC(C)O1. The number of amidine groups is 1. The van der Waals surface area contributed by atoms with Gasteiger partial charge in [0.15, 0.2) is 0 Å². The monoisotopic (exact) mass is 243 g/mol. The van der Waals surface area contributed by atoms with Gasteiger partial charge in [0, 0.05) is 13.1 Å². The van der Waals surface area contributed by atoms with Gasteiger partial charge in [0.1, 0.15) is 6.07 Å². The predicted octanol–water partition coefficient (Wildman–Crippen LogP) is 2.35. The maximum Gasteiger partial charge on any atom is 0.209 e. The van der Waals surface area contributed by atoms with Crippen LogP contribution in [0.2, 0.25) is 0 Å². The molecule has 0 bridgehead atoms. The summed E-state index contributed by atoms with van der Waals surface area (Å²) in [6.07, 6.45) is 0.256. The summed E-state index contributed by atoms with van der Waals surface area (Å²) < 4.78 is 5.66. The van der Waals surface area contributed by atoms with Crippen molar-refractivity contribution in [2.45, 2.75) is 26.1 Å². The molecule has 0 aliphatic carbocycles. The number of nitriles is 1. The van der Waals surface area contributed by atoms with Gasteiger partial charge in [0.05, 0.1) is 17.9 Å². The number of hydrogen-bond acceptors (Lipinski definition) is 3. The molecule has 1 saturated heterocycles. The summed E-state index contributed by atoms with van der Waals surface area (Å²) in [4.78, 5) is 6.39. The Bertz CT molecular complexity index is 454. The van der Waals surface area contributed by atoms with Gasteiger partial charge < -0.3 is 9.64 Å². The molecule has 1 aromatic carbocycles. The van der Waals surface area contributed by atoms with E-state index in [2.05, 4.69) is 11.1 Å². The quantitative estimate of drug-likeness (QED) is 0.562. The van der Waals surface area contributed by atoms with E-state index in [4.69, 9.17) is 4.74 Å². The van der Waals surface area contributed by atoms with E-state index in [1.54, 1.807) is 0 Å². The molecule has 0 saturated carbocycles. The molecular formula is C14H17N3O. The second-order valence-corrected chi connectivity index (χ2v) is 4.55. The van der Waals surface area contributed by atoms with Crippen molar-refractivity contribution >= 4 is 11.5 Å². The number of rotatable bonds is 1. The Hall–Kier alpha value is -1.86. The summed E-state index contributed by atoms with van der Waals surface area (Å²) >= 11 is 0. The molecule has 4 nitrogen and oxygen atoms in total. The predicted molar refractivity (Wildman–Crippen MR) is 70.7 cm³/mol. The van der Waals surface area contributed by atoms with Crippen LogP contribution in [0, 0.1) is 11.3 Å². The normalized spacial score (nSPS) is 24.7. The maximum atomic E-state index is 9.25. The van der Waals surface area contributed by atoms with Gasteiger partial charge in [0.25, 0.3) is 0 Å². The molecule has 2 atom stereocenters. The third-order valence-corrected chi connectivity index (χ3v) is 2.81. The van der Waals surface area contributed by atoms with E-state index >= 15 is 0 Å². The molecule has 1 heterocycles. The second kappa shape index (κ2) is 5.65. The molecule has 4 heteroatoms. The molecule has 94 valence electrons. The van der Waals surface area contributed by atoms with Crippen LogP contribution in [0.5, 0.6) is 0 Å². The van der Waals surface area contributed by atoms with Crippen LogP contribution in [0.1, 0.15) is 13.8 Å². The van der Waals surface area contributed by atoms with Crippen LogP contribution in [-0.2, 0) is 4.74 Å². The smallest absolute Gasteiger partial charge is 0.209 e. The van der Waals surface area contributed by atoms with Crippen LogP contribution < -0.4 is 0 Å². The summed E-state index contributed by atoms with van der Waals surface area (Å²) in [7, 11) is 0. The first kappa shape index (κ1) is 12.6. The molecular weight excluding hydrogens is 226 g/mol. The zero-order valence-corrected chi connectivity index (χ0v) is 10.7. The fraction of sp³-hybridized carbons (Fsp3) is 0.429. The van der Waals surface area contributed by atoms with E-state index in [0.29, 0.717) is 18.9 Å². The molecule has 0 radical (unpaired) electrons. The zero-order chi connectivity index (χ0) is 13.0. The fourth-order valence-electron chi connectivity index (χ4n) is 2.14. The van der Waals surface area contributed by atoms with Gasteiger partial charge in [0.2, 0.25) is 5.84 Å². The largest absolute Gasteiger partial charge is 0.372 e. The summed E-state index contributed by atoms with van der Waals surface area (Å²) in [6.45, 7) is 5.45. The first-order valence-electron chi connectivity index (χ1n) is 6.13. The Morgan fingerprint density at radius 1 is 1.28 bits per heavy atom. The van der Waals surface area contributed by atoms with Crippen molar-refractivity contribution in [3.8, 4) is 6.07 Å². The third kappa shape index (κ3) is 3.08. The highest BCUT2D eigenvalue weighted by molar-refractivity contribution is 5.98. The third-order valence-electron chi connectivity index (χ3n) is 2.81. The van der Waals surface area contributed by atoms with Crippen molar-refractivity contribution in [2.75, 3.05) is 13.1 Å². The lowest BCUT2D eigenvalue weighted by Crippen LogP contribution is -2.47. The number of nitrogens with zero attached hydrogens (tertiary/aromatic N) is 3. The first-order valence-corrected chi connectivity index (χ1v) is 6.13. The van der Waals surface area contributed by atoms with Crippen molar-refractivity contribution in [3.63, 3.8) is 0 Å². The molecule has 0 amide bonds. The van der Waals surface area contributed by atoms with Crippen LogP contribution in [0.15, 0.2) is 35.3 Å². The average molecular weight is 243 g/mol. The Balaban J connectivity index is 2.19. The second-order valence-electron chi connectivity index (χ2n) is 4.55. The molecule has 1 aliphatic rings. The number of benzene rings is 1. The minimum atomic E-state index is 0.128. The first-order chi connectivity index (χ1) is 8.69. The van der Waals surface area contributed by atoms with E-state index in [9.17, 15) is 5.26 Å². The van der Waals surface area contributed by atoms with Crippen molar-refractivity contribution in [2.24, 2.45) is 4.99 Å². The Kier molecular flexibility index (Phi) is 3.96. The Morgan fingerprint density at radius 3 is 2.44 bits per heavy atom. The molecule has 0 N–H and O–H groups in total. The highest BCUT2D eigenvalue weighted by Gasteiger charge is 2.24. The molecule has 0 spiro atoms. The van der Waals surface area contributed by atoms with Crippen molar-refractivity contribution < 1.29 is 4.74 Å². The van der Waals surface area contributed by atoms with Crippen LogP contribution in [0.4, 0.5) is 5.69 Å². The summed E-state index contributed by atoms with van der Waals surface area (Å²) in [5.74, 6) is 0.461. The lowest BCUT2D eigenvalue weighted by Gasteiger charge is -2.35. The number of morpholine rings is 1. The van der Waals surface area contributed by atoms with Gasteiger partial charge in [-0.05, 0) is 26.0 Å². The summed E-state index contributed by atoms with van der Waals surface area (Å²) in [5, 5.41) is 9.25. The van der Waals surface area contributed by atoms with Crippen molar-refractivity contribution in [1.82, 2.24) is 4.90 Å². The minimum absolute atomic E-state index is 0.128. The van der Waals surface area contributed by atoms with Crippen LogP contribution >= 0.6 is 0 Å². The van der Waals surface area contributed by atoms with Crippen molar-refractivity contribution in [3.05, 3.63) is 30.3 Å². The van der Waals surface area contributed by atoms with Crippen LogP contribution in [-0.4, -0.2) is 36.0 Å². The van der Waals surface area contributed by atoms with Gasteiger partial charge in [-0.15, -0.1) is 0 Å². The lowest BCUT2D eigenvalue weighted by atomic mass is 10.2. The van der Waals surface area contributed by atoms with E-state index in [1.807, 2.05) is 49.1 Å². The molecule has 2 rings (SSSR count). The van der Waals surface area contributed by atoms with E-state index < -0.39 is 0 Å². The minimum Gasteiger partial charge on any atom is -0.372 e. The molecule has 1 fully saturated rings.